The third-order valence-corrected chi connectivity index (χ3v) is 2.67. The molecule has 0 aromatic heterocycles. The summed E-state index contributed by atoms with van der Waals surface area (Å²) >= 11 is 5.90. The highest BCUT2D eigenvalue weighted by Crippen LogP contribution is 2.18. The maximum Gasteiger partial charge on any atom is 0.127 e. The number of nitrogens with one attached hydrogen (secondary N) is 1. The summed E-state index contributed by atoms with van der Waals surface area (Å²) in [6, 6.07) is 4.81. The fraction of sp³-hybridized carbons (Fsp3) is 0.500. The van der Waals surface area contributed by atoms with E-state index in [1.54, 1.807) is 12.1 Å². The van der Waals surface area contributed by atoms with Crippen molar-refractivity contribution in [2.24, 2.45) is 0 Å². The highest BCUT2D eigenvalue weighted by molar-refractivity contribution is 6.31. The van der Waals surface area contributed by atoms with Gasteiger partial charge in [0.25, 0.3) is 0 Å². The van der Waals surface area contributed by atoms with Crippen LogP contribution < -0.4 is 5.32 Å². The predicted molar refractivity (Wildman–Crippen MR) is 62.9 cm³/mol. The molecule has 0 heterocycles. The zero-order chi connectivity index (χ0) is 11.1. The van der Waals surface area contributed by atoms with Crippen LogP contribution in [0.25, 0.3) is 0 Å². The lowest BCUT2D eigenvalue weighted by Gasteiger charge is -2.06. The van der Waals surface area contributed by atoms with Crippen LogP contribution in [0, 0.1) is 5.82 Å². The van der Waals surface area contributed by atoms with Gasteiger partial charge in [0, 0.05) is 10.6 Å². The largest absolute Gasteiger partial charge is 0.316 e. The highest BCUT2D eigenvalue weighted by Gasteiger charge is 2.05. The Bertz CT molecular complexity index is 281. The molecular weight excluding hydrogens is 213 g/mol. The minimum absolute atomic E-state index is 0.209. The molecule has 0 fully saturated rings. The molecule has 1 aromatic carbocycles. The number of halogens is 2. The average Bonchev–Trinajstić information content (AvgIpc) is 2.21. The van der Waals surface area contributed by atoms with Gasteiger partial charge in [-0.05, 0) is 38.1 Å². The van der Waals surface area contributed by atoms with Gasteiger partial charge in [0.2, 0.25) is 0 Å². The van der Waals surface area contributed by atoms with E-state index in [9.17, 15) is 4.39 Å². The molecule has 84 valence electrons. The highest BCUT2D eigenvalue weighted by atomic mass is 35.5. The molecule has 1 aromatic rings. The SMILES string of the molecule is CCCCNCCc1c(F)cccc1Cl. The van der Waals surface area contributed by atoms with Gasteiger partial charge in [0.1, 0.15) is 5.82 Å². The van der Waals surface area contributed by atoms with Crippen LogP contribution in [0.5, 0.6) is 0 Å². The summed E-state index contributed by atoms with van der Waals surface area (Å²) in [5, 5.41) is 3.78. The lowest BCUT2D eigenvalue weighted by molar-refractivity contribution is 0.592. The van der Waals surface area contributed by atoms with Gasteiger partial charge in [-0.2, -0.15) is 0 Å². The summed E-state index contributed by atoms with van der Waals surface area (Å²) in [6.45, 7) is 3.92. The standard InChI is InChI=1S/C12H17ClFN/c1-2-3-8-15-9-7-10-11(13)5-4-6-12(10)14/h4-6,15H,2-3,7-9H2,1H3. The van der Waals surface area contributed by atoms with E-state index in [0.29, 0.717) is 17.0 Å². The Morgan fingerprint density at radius 2 is 2.13 bits per heavy atom. The van der Waals surface area contributed by atoms with E-state index in [1.807, 2.05) is 0 Å². The topological polar surface area (TPSA) is 12.0 Å². The molecule has 1 nitrogen and oxygen atoms in total. The summed E-state index contributed by atoms with van der Waals surface area (Å²) in [4.78, 5) is 0. The second-order valence-corrected chi connectivity index (χ2v) is 3.96. The Hall–Kier alpha value is -0.600. The van der Waals surface area contributed by atoms with Crippen molar-refractivity contribution in [2.75, 3.05) is 13.1 Å². The molecule has 0 aliphatic rings. The van der Waals surface area contributed by atoms with Crippen LogP contribution in [0.1, 0.15) is 25.3 Å². The summed E-state index contributed by atoms with van der Waals surface area (Å²) in [5.41, 5.74) is 0.614. The van der Waals surface area contributed by atoms with Crippen LogP contribution in [0.4, 0.5) is 4.39 Å². The molecule has 1 rings (SSSR count). The monoisotopic (exact) mass is 229 g/mol. The minimum Gasteiger partial charge on any atom is -0.316 e. The van der Waals surface area contributed by atoms with Crippen LogP contribution >= 0.6 is 11.6 Å². The average molecular weight is 230 g/mol. The molecule has 0 aliphatic heterocycles. The Balaban J connectivity index is 2.37. The third-order valence-electron chi connectivity index (χ3n) is 2.32. The molecule has 3 heteroatoms. The first kappa shape index (κ1) is 12.5. The van der Waals surface area contributed by atoms with Gasteiger partial charge in [-0.15, -0.1) is 0 Å². The number of hydrogen-bond acceptors (Lipinski definition) is 1. The van der Waals surface area contributed by atoms with E-state index in [1.165, 1.54) is 12.5 Å². The normalized spacial score (nSPS) is 10.6. The van der Waals surface area contributed by atoms with Gasteiger partial charge < -0.3 is 5.32 Å². The third kappa shape index (κ3) is 4.18. The molecule has 1 N–H and O–H groups in total. The number of rotatable bonds is 6. The lowest BCUT2D eigenvalue weighted by atomic mass is 10.1. The fourth-order valence-corrected chi connectivity index (χ4v) is 1.67. The Kier molecular flexibility index (Phi) is 5.66. The van der Waals surface area contributed by atoms with Crippen LogP contribution in [-0.2, 0) is 6.42 Å². The van der Waals surface area contributed by atoms with Gasteiger partial charge in [0.05, 0.1) is 0 Å². The lowest BCUT2D eigenvalue weighted by Crippen LogP contribution is -2.18. The molecule has 0 spiro atoms. The summed E-state index contributed by atoms with van der Waals surface area (Å²) in [7, 11) is 0. The van der Waals surface area contributed by atoms with Crippen molar-refractivity contribution in [3.63, 3.8) is 0 Å². The molecule has 0 radical (unpaired) electrons. The predicted octanol–water partition coefficient (Wildman–Crippen LogP) is 3.41. The molecule has 0 saturated carbocycles. The zero-order valence-electron chi connectivity index (χ0n) is 9.02. The first-order chi connectivity index (χ1) is 7.25. The minimum atomic E-state index is -0.209. The number of unbranched alkanes of at least 4 members (excludes halogenated alkanes) is 1. The Morgan fingerprint density at radius 3 is 2.80 bits per heavy atom. The van der Waals surface area contributed by atoms with Crippen LogP contribution in [-0.4, -0.2) is 13.1 Å². The van der Waals surface area contributed by atoms with E-state index in [4.69, 9.17) is 11.6 Å². The van der Waals surface area contributed by atoms with Gasteiger partial charge in [-0.3, -0.25) is 0 Å². The van der Waals surface area contributed by atoms with E-state index >= 15 is 0 Å². The Labute approximate surface area is 95.6 Å². The van der Waals surface area contributed by atoms with Crippen molar-refractivity contribution in [2.45, 2.75) is 26.2 Å². The van der Waals surface area contributed by atoms with Gasteiger partial charge >= 0.3 is 0 Å². The van der Waals surface area contributed by atoms with E-state index in [-0.39, 0.29) is 5.82 Å². The molecule has 0 saturated heterocycles. The second-order valence-electron chi connectivity index (χ2n) is 3.55. The van der Waals surface area contributed by atoms with Gasteiger partial charge in [0.15, 0.2) is 0 Å². The number of hydrogen-bond donors (Lipinski definition) is 1. The molecule has 0 aliphatic carbocycles. The van der Waals surface area contributed by atoms with E-state index in [2.05, 4.69) is 12.2 Å². The quantitative estimate of drug-likeness (QED) is 0.738. The maximum atomic E-state index is 13.3. The zero-order valence-corrected chi connectivity index (χ0v) is 9.78. The van der Waals surface area contributed by atoms with Crippen molar-refractivity contribution in [3.8, 4) is 0 Å². The van der Waals surface area contributed by atoms with Crippen molar-refractivity contribution in [1.29, 1.82) is 0 Å². The number of benzene rings is 1. The molecular formula is C12H17ClFN. The van der Waals surface area contributed by atoms with Crippen molar-refractivity contribution >= 4 is 11.6 Å². The first-order valence-electron chi connectivity index (χ1n) is 5.39. The van der Waals surface area contributed by atoms with E-state index in [0.717, 1.165) is 19.5 Å². The van der Waals surface area contributed by atoms with Crippen molar-refractivity contribution < 1.29 is 4.39 Å². The smallest absolute Gasteiger partial charge is 0.127 e. The first-order valence-corrected chi connectivity index (χ1v) is 5.77. The molecule has 0 bridgehead atoms. The molecule has 0 amide bonds. The second kappa shape index (κ2) is 6.81. The van der Waals surface area contributed by atoms with Crippen LogP contribution in [0.2, 0.25) is 5.02 Å². The summed E-state index contributed by atoms with van der Waals surface area (Å²) < 4.78 is 13.3. The molecule has 0 atom stereocenters. The summed E-state index contributed by atoms with van der Waals surface area (Å²) in [5.74, 6) is -0.209. The maximum absolute atomic E-state index is 13.3. The molecule has 0 unspecified atom stereocenters. The van der Waals surface area contributed by atoms with Crippen LogP contribution in [0.3, 0.4) is 0 Å². The van der Waals surface area contributed by atoms with Gasteiger partial charge in [-0.25, -0.2) is 4.39 Å². The van der Waals surface area contributed by atoms with Crippen molar-refractivity contribution in [3.05, 3.63) is 34.6 Å². The van der Waals surface area contributed by atoms with E-state index < -0.39 is 0 Å². The van der Waals surface area contributed by atoms with Gasteiger partial charge in [-0.1, -0.05) is 31.0 Å². The summed E-state index contributed by atoms with van der Waals surface area (Å²) in [6.07, 6.45) is 2.98. The molecule has 15 heavy (non-hydrogen) atoms. The fourth-order valence-electron chi connectivity index (χ4n) is 1.41. The van der Waals surface area contributed by atoms with Crippen molar-refractivity contribution in [1.82, 2.24) is 5.32 Å². The van der Waals surface area contributed by atoms with Crippen LogP contribution in [0.15, 0.2) is 18.2 Å². The Morgan fingerprint density at radius 1 is 1.33 bits per heavy atom.